The van der Waals surface area contributed by atoms with Gasteiger partial charge in [-0.25, -0.2) is 4.39 Å². The molecule has 1 aromatic carbocycles. The van der Waals surface area contributed by atoms with Crippen LogP contribution in [0.15, 0.2) is 24.3 Å². The van der Waals surface area contributed by atoms with Gasteiger partial charge in [-0.05, 0) is 56.4 Å². The van der Waals surface area contributed by atoms with E-state index in [1.807, 2.05) is 9.80 Å². The first-order valence-corrected chi connectivity index (χ1v) is 9.69. The van der Waals surface area contributed by atoms with Crippen molar-refractivity contribution in [1.82, 2.24) is 9.80 Å². The van der Waals surface area contributed by atoms with Gasteiger partial charge in [0.05, 0.1) is 0 Å². The zero-order valence-corrected chi connectivity index (χ0v) is 15.3. The second kappa shape index (κ2) is 9.01. The molecule has 1 aromatic rings. The minimum absolute atomic E-state index is 0.167. The van der Waals surface area contributed by atoms with Gasteiger partial charge in [0.1, 0.15) is 5.82 Å². The number of anilines is 1. The molecule has 26 heavy (non-hydrogen) atoms. The van der Waals surface area contributed by atoms with Crippen LogP contribution in [0.2, 0.25) is 0 Å². The van der Waals surface area contributed by atoms with E-state index in [1.165, 1.54) is 12.1 Å². The highest BCUT2D eigenvalue weighted by Gasteiger charge is 2.24. The summed E-state index contributed by atoms with van der Waals surface area (Å²) in [6, 6.07) is 6.53. The van der Waals surface area contributed by atoms with E-state index in [0.29, 0.717) is 25.9 Å². The summed E-state index contributed by atoms with van der Waals surface area (Å²) >= 11 is 0. The van der Waals surface area contributed by atoms with Crippen LogP contribution in [0.1, 0.15) is 44.9 Å². The molecule has 2 aliphatic heterocycles. The molecule has 2 saturated heterocycles. The van der Waals surface area contributed by atoms with Crippen LogP contribution in [0, 0.1) is 5.82 Å². The number of benzene rings is 1. The smallest absolute Gasteiger partial charge is 0.222 e. The van der Waals surface area contributed by atoms with E-state index >= 15 is 0 Å². The molecule has 3 rings (SSSR count). The Morgan fingerprint density at radius 3 is 2.73 bits per heavy atom. The highest BCUT2D eigenvalue weighted by Crippen LogP contribution is 2.18. The molecular formula is C20H28FN3O2. The molecule has 0 radical (unpaired) electrons. The number of piperidine rings is 2. The Morgan fingerprint density at radius 2 is 1.96 bits per heavy atom. The first kappa shape index (κ1) is 18.7. The predicted molar refractivity (Wildman–Crippen MR) is 99.3 cm³/mol. The number of nitrogens with one attached hydrogen (secondary N) is 1. The molecule has 2 heterocycles. The van der Waals surface area contributed by atoms with Crippen molar-refractivity contribution in [3.8, 4) is 0 Å². The lowest BCUT2D eigenvalue weighted by molar-refractivity contribution is -0.135. The highest BCUT2D eigenvalue weighted by molar-refractivity contribution is 5.77. The normalized spacial score (nSPS) is 21.0. The molecule has 0 spiro atoms. The molecule has 0 saturated carbocycles. The summed E-state index contributed by atoms with van der Waals surface area (Å²) in [5.74, 6) is 0.147. The lowest BCUT2D eigenvalue weighted by Gasteiger charge is -2.34. The van der Waals surface area contributed by atoms with E-state index in [4.69, 9.17) is 0 Å². The fourth-order valence-electron chi connectivity index (χ4n) is 3.78. The molecular weight excluding hydrogens is 333 g/mol. The quantitative estimate of drug-likeness (QED) is 0.847. The fraction of sp³-hybridized carbons (Fsp3) is 0.600. The van der Waals surface area contributed by atoms with Gasteiger partial charge in [0.15, 0.2) is 0 Å². The summed E-state index contributed by atoms with van der Waals surface area (Å²) in [7, 11) is 0. The Kier molecular flexibility index (Phi) is 6.47. The Morgan fingerprint density at radius 1 is 1.15 bits per heavy atom. The molecule has 2 amide bonds. The molecule has 1 N–H and O–H groups in total. The maximum Gasteiger partial charge on any atom is 0.222 e. The zero-order chi connectivity index (χ0) is 18.4. The molecule has 0 unspecified atom stereocenters. The van der Waals surface area contributed by atoms with Crippen LogP contribution >= 0.6 is 0 Å². The third kappa shape index (κ3) is 5.19. The van der Waals surface area contributed by atoms with E-state index < -0.39 is 0 Å². The summed E-state index contributed by atoms with van der Waals surface area (Å²) in [4.78, 5) is 28.1. The molecule has 2 aliphatic rings. The van der Waals surface area contributed by atoms with Crippen molar-refractivity contribution in [2.24, 2.45) is 0 Å². The van der Waals surface area contributed by atoms with Crippen molar-refractivity contribution in [2.75, 3.05) is 31.5 Å². The van der Waals surface area contributed by atoms with Crippen molar-refractivity contribution in [3.05, 3.63) is 30.1 Å². The largest absolute Gasteiger partial charge is 0.381 e. The number of carbonyl (C=O) groups excluding carboxylic acids is 2. The Balaban J connectivity index is 1.42. The Bertz CT molecular complexity index is 620. The van der Waals surface area contributed by atoms with Gasteiger partial charge in [-0.3, -0.25) is 9.59 Å². The highest BCUT2D eigenvalue weighted by atomic mass is 19.1. The minimum atomic E-state index is -0.247. The van der Waals surface area contributed by atoms with Crippen molar-refractivity contribution in [3.63, 3.8) is 0 Å². The lowest BCUT2D eigenvalue weighted by Crippen LogP contribution is -2.45. The number of rotatable bonds is 6. The van der Waals surface area contributed by atoms with Crippen LogP contribution in [0.4, 0.5) is 10.1 Å². The van der Waals surface area contributed by atoms with E-state index in [-0.39, 0.29) is 23.7 Å². The molecule has 2 fully saturated rings. The van der Waals surface area contributed by atoms with Gasteiger partial charge >= 0.3 is 0 Å². The zero-order valence-electron chi connectivity index (χ0n) is 15.3. The first-order valence-electron chi connectivity index (χ1n) is 9.69. The van der Waals surface area contributed by atoms with Gasteiger partial charge in [0.25, 0.3) is 0 Å². The number of carbonyl (C=O) groups is 2. The Hall–Kier alpha value is -2.11. The van der Waals surface area contributed by atoms with Crippen LogP contribution in [-0.4, -0.2) is 53.8 Å². The van der Waals surface area contributed by atoms with Crippen molar-refractivity contribution >= 4 is 17.5 Å². The van der Waals surface area contributed by atoms with Gasteiger partial charge < -0.3 is 15.1 Å². The standard InChI is InChI=1S/C20H28FN3O2/c21-16-8-10-17(11-9-16)22-18-5-3-14-24(15-18)20(26)7-4-13-23-12-2-1-6-19(23)25/h8-11,18,22H,1-7,12-15H2/t18-/m1/s1. The molecule has 6 heteroatoms. The summed E-state index contributed by atoms with van der Waals surface area (Å²) in [6.07, 6.45) is 5.91. The summed E-state index contributed by atoms with van der Waals surface area (Å²) in [5, 5.41) is 3.39. The summed E-state index contributed by atoms with van der Waals surface area (Å²) in [5.41, 5.74) is 0.884. The van der Waals surface area contributed by atoms with Crippen LogP contribution in [0.3, 0.4) is 0 Å². The van der Waals surface area contributed by atoms with Crippen molar-refractivity contribution in [1.29, 1.82) is 0 Å². The number of hydrogen-bond acceptors (Lipinski definition) is 3. The average molecular weight is 361 g/mol. The molecule has 0 aromatic heterocycles. The van der Waals surface area contributed by atoms with Crippen LogP contribution in [0.5, 0.6) is 0 Å². The number of halogens is 1. The number of nitrogens with zero attached hydrogens (tertiary/aromatic N) is 2. The van der Waals surface area contributed by atoms with Crippen LogP contribution in [-0.2, 0) is 9.59 Å². The van der Waals surface area contributed by atoms with Gasteiger partial charge in [-0.2, -0.15) is 0 Å². The third-order valence-corrected chi connectivity index (χ3v) is 5.23. The van der Waals surface area contributed by atoms with Gasteiger partial charge in [-0.1, -0.05) is 0 Å². The first-order chi connectivity index (χ1) is 12.6. The van der Waals surface area contributed by atoms with Crippen LogP contribution in [0.25, 0.3) is 0 Å². The second-order valence-corrected chi connectivity index (χ2v) is 7.27. The topological polar surface area (TPSA) is 52.7 Å². The molecule has 5 nitrogen and oxygen atoms in total. The SMILES string of the molecule is O=C1CCCCN1CCCC(=O)N1CCC[C@@H](Nc2ccc(F)cc2)C1. The number of likely N-dealkylation sites (tertiary alicyclic amines) is 2. The second-order valence-electron chi connectivity index (χ2n) is 7.27. The third-order valence-electron chi connectivity index (χ3n) is 5.23. The lowest BCUT2D eigenvalue weighted by atomic mass is 10.0. The van der Waals surface area contributed by atoms with E-state index in [2.05, 4.69) is 5.32 Å². The van der Waals surface area contributed by atoms with E-state index in [0.717, 1.165) is 50.9 Å². The van der Waals surface area contributed by atoms with Gasteiger partial charge in [0.2, 0.25) is 11.8 Å². The van der Waals surface area contributed by atoms with Crippen LogP contribution < -0.4 is 5.32 Å². The van der Waals surface area contributed by atoms with Crippen molar-refractivity contribution in [2.45, 2.75) is 51.0 Å². The summed E-state index contributed by atoms with van der Waals surface area (Å²) < 4.78 is 13.0. The number of amides is 2. The molecule has 0 aliphatic carbocycles. The number of hydrogen-bond donors (Lipinski definition) is 1. The van der Waals surface area contributed by atoms with Gasteiger partial charge in [-0.15, -0.1) is 0 Å². The van der Waals surface area contributed by atoms with E-state index in [9.17, 15) is 14.0 Å². The van der Waals surface area contributed by atoms with E-state index in [1.54, 1.807) is 12.1 Å². The fourth-order valence-corrected chi connectivity index (χ4v) is 3.78. The Labute approximate surface area is 154 Å². The predicted octanol–water partition coefficient (Wildman–Crippen LogP) is 3.02. The molecule has 1 atom stereocenters. The minimum Gasteiger partial charge on any atom is -0.381 e. The maximum absolute atomic E-state index is 13.0. The molecule has 0 bridgehead atoms. The van der Waals surface area contributed by atoms with Gasteiger partial charge in [0, 0.05) is 50.7 Å². The summed E-state index contributed by atoms with van der Waals surface area (Å²) in [6.45, 7) is 3.00. The maximum atomic E-state index is 13.0. The molecule has 142 valence electrons. The monoisotopic (exact) mass is 361 g/mol. The van der Waals surface area contributed by atoms with Crippen molar-refractivity contribution < 1.29 is 14.0 Å². The average Bonchev–Trinajstić information content (AvgIpc) is 2.65.